The molecule has 1 heterocycles. The van der Waals surface area contributed by atoms with Gasteiger partial charge in [0.1, 0.15) is 0 Å². The van der Waals surface area contributed by atoms with Gasteiger partial charge in [0.2, 0.25) is 0 Å². The van der Waals surface area contributed by atoms with Crippen molar-refractivity contribution in [3.8, 4) is 0 Å². The number of pyridine rings is 1. The van der Waals surface area contributed by atoms with Gasteiger partial charge in [-0.05, 0) is 49.2 Å². The van der Waals surface area contributed by atoms with Gasteiger partial charge in [0.05, 0.1) is 5.52 Å². The van der Waals surface area contributed by atoms with E-state index >= 15 is 0 Å². The first-order chi connectivity index (χ1) is 12.1. The molecule has 0 aliphatic heterocycles. The average molecular weight is 352 g/mol. The SMILES string of the molecule is CCCC(=N)c1cc(C)nc2cc(NCc3ccc(Cl)cc3)ccc12. The van der Waals surface area contributed by atoms with Gasteiger partial charge in [-0.25, -0.2) is 0 Å². The molecule has 25 heavy (non-hydrogen) atoms. The highest BCUT2D eigenvalue weighted by molar-refractivity contribution is 6.30. The summed E-state index contributed by atoms with van der Waals surface area (Å²) in [5.74, 6) is 0. The summed E-state index contributed by atoms with van der Waals surface area (Å²) in [7, 11) is 0. The number of aromatic nitrogens is 1. The Morgan fingerprint density at radius 3 is 2.60 bits per heavy atom. The van der Waals surface area contributed by atoms with Crippen molar-refractivity contribution in [2.45, 2.75) is 33.2 Å². The Labute approximate surface area is 153 Å². The number of anilines is 1. The van der Waals surface area contributed by atoms with Crippen LogP contribution in [0.5, 0.6) is 0 Å². The summed E-state index contributed by atoms with van der Waals surface area (Å²) in [6.07, 6.45) is 1.76. The van der Waals surface area contributed by atoms with Crippen LogP contribution in [0.15, 0.2) is 48.5 Å². The van der Waals surface area contributed by atoms with Crippen LogP contribution in [0.3, 0.4) is 0 Å². The highest BCUT2D eigenvalue weighted by Crippen LogP contribution is 2.24. The molecule has 2 N–H and O–H groups in total. The Balaban J connectivity index is 1.86. The molecule has 0 aliphatic carbocycles. The number of rotatable bonds is 6. The van der Waals surface area contributed by atoms with Crippen LogP contribution in [0, 0.1) is 12.3 Å². The molecular formula is C21H22ClN3. The van der Waals surface area contributed by atoms with Gasteiger partial charge in [0.25, 0.3) is 0 Å². The molecular weight excluding hydrogens is 330 g/mol. The maximum atomic E-state index is 8.32. The van der Waals surface area contributed by atoms with Gasteiger partial charge in [0.15, 0.2) is 0 Å². The molecule has 0 saturated heterocycles. The van der Waals surface area contributed by atoms with Crippen LogP contribution in [0.4, 0.5) is 5.69 Å². The standard InChI is InChI=1S/C21H22ClN3/c1-3-4-20(23)19-11-14(2)25-21-12-17(9-10-18(19)21)24-13-15-5-7-16(22)8-6-15/h5-12,23-24H,3-4,13H2,1-2H3. The smallest absolute Gasteiger partial charge is 0.0732 e. The van der Waals surface area contributed by atoms with E-state index < -0.39 is 0 Å². The zero-order valence-corrected chi connectivity index (χ0v) is 15.3. The second-order valence-electron chi connectivity index (χ2n) is 6.25. The molecule has 0 saturated carbocycles. The van der Waals surface area contributed by atoms with E-state index in [2.05, 4.69) is 35.4 Å². The van der Waals surface area contributed by atoms with Gasteiger partial charge in [-0.1, -0.05) is 43.1 Å². The molecule has 0 amide bonds. The van der Waals surface area contributed by atoms with Crippen molar-refractivity contribution >= 4 is 33.9 Å². The summed E-state index contributed by atoms with van der Waals surface area (Å²) in [6.45, 7) is 4.81. The lowest BCUT2D eigenvalue weighted by atomic mass is 10.0. The summed E-state index contributed by atoms with van der Waals surface area (Å²) in [5.41, 5.74) is 5.74. The van der Waals surface area contributed by atoms with Crippen LogP contribution < -0.4 is 5.32 Å². The number of nitrogens with zero attached hydrogens (tertiary/aromatic N) is 1. The fraction of sp³-hybridized carbons (Fsp3) is 0.238. The summed E-state index contributed by atoms with van der Waals surface area (Å²) in [4.78, 5) is 4.65. The number of nitrogens with one attached hydrogen (secondary N) is 2. The maximum absolute atomic E-state index is 8.32. The Morgan fingerprint density at radius 2 is 1.88 bits per heavy atom. The second kappa shape index (κ2) is 7.66. The third kappa shape index (κ3) is 4.18. The summed E-state index contributed by atoms with van der Waals surface area (Å²) in [6, 6.07) is 16.0. The first-order valence-electron chi connectivity index (χ1n) is 8.54. The lowest BCUT2D eigenvalue weighted by Crippen LogP contribution is -2.03. The summed E-state index contributed by atoms with van der Waals surface area (Å²) < 4.78 is 0. The molecule has 3 rings (SSSR count). The molecule has 3 aromatic rings. The normalized spacial score (nSPS) is 10.8. The van der Waals surface area contributed by atoms with Gasteiger partial charge in [-0.3, -0.25) is 4.98 Å². The first-order valence-corrected chi connectivity index (χ1v) is 8.92. The van der Waals surface area contributed by atoms with Crippen LogP contribution in [-0.2, 0) is 6.54 Å². The minimum atomic E-state index is 0.680. The average Bonchev–Trinajstić information content (AvgIpc) is 2.60. The number of aryl methyl sites for hydroxylation is 1. The van der Waals surface area contributed by atoms with Crippen molar-refractivity contribution in [2.24, 2.45) is 0 Å². The molecule has 4 heteroatoms. The molecule has 0 fully saturated rings. The van der Waals surface area contributed by atoms with Crippen LogP contribution in [-0.4, -0.2) is 10.7 Å². The summed E-state index contributed by atoms with van der Waals surface area (Å²) in [5, 5.41) is 13.5. The zero-order chi connectivity index (χ0) is 17.8. The Morgan fingerprint density at radius 1 is 1.12 bits per heavy atom. The number of halogens is 1. The lowest BCUT2D eigenvalue weighted by Gasteiger charge is -2.12. The van der Waals surface area contributed by atoms with Crippen molar-refractivity contribution in [1.82, 2.24) is 4.98 Å². The molecule has 0 unspecified atom stereocenters. The minimum absolute atomic E-state index is 0.680. The first kappa shape index (κ1) is 17.4. The Hall–Kier alpha value is -2.39. The third-order valence-electron chi connectivity index (χ3n) is 4.17. The van der Waals surface area contributed by atoms with E-state index in [-0.39, 0.29) is 0 Å². The van der Waals surface area contributed by atoms with Gasteiger partial charge >= 0.3 is 0 Å². The van der Waals surface area contributed by atoms with Crippen LogP contribution in [0.25, 0.3) is 10.9 Å². The summed E-state index contributed by atoms with van der Waals surface area (Å²) >= 11 is 5.93. The number of fused-ring (bicyclic) bond motifs is 1. The third-order valence-corrected chi connectivity index (χ3v) is 4.42. The van der Waals surface area contributed by atoms with Crippen LogP contribution in [0.1, 0.15) is 36.6 Å². The monoisotopic (exact) mass is 351 g/mol. The number of hydrogen-bond donors (Lipinski definition) is 2. The Kier molecular flexibility index (Phi) is 5.34. The molecule has 3 nitrogen and oxygen atoms in total. The molecule has 0 aliphatic rings. The fourth-order valence-electron chi connectivity index (χ4n) is 2.91. The molecule has 0 spiro atoms. The van der Waals surface area contributed by atoms with Gasteiger partial charge in [-0.15, -0.1) is 0 Å². The Bertz CT molecular complexity index is 901. The number of hydrogen-bond acceptors (Lipinski definition) is 3. The highest BCUT2D eigenvalue weighted by atomic mass is 35.5. The molecule has 1 aromatic heterocycles. The predicted molar refractivity (Wildman–Crippen MR) is 107 cm³/mol. The number of benzene rings is 2. The van der Waals surface area contributed by atoms with Crippen LogP contribution >= 0.6 is 11.6 Å². The van der Waals surface area contributed by atoms with E-state index in [0.717, 1.165) is 52.3 Å². The highest BCUT2D eigenvalue weighted by Gasteiger charge is 2.09. The van der Waals surface area contributed by atoms with E-state index in [4.69, 9.17) is 17.0 Å². The van der Waals surface area contributed by atoms with E-state index in [0.29, 0.717) is 5.71 Å². The quantitative estimate of drug-likeness (QED) is 0.537. The topological polar surface area (TPSA) is 48.8 Å². The predicted octanol–water partition coefficient (Wildman–Crippen LogP) is 5.98. The van der Waals surface area contributed by atoms with E-state index in [9.17, 15) is 0 Å². The van der Waals surface area contributed by atoms with Gasteiger partial charge in [-0.2, -0.15) is 0 Å². The largest absolute Gasteiger partial charge is 0.381 e. The van der Waals surface area contributed by atoms with Gasteiger partial charge in [0, 0.05) is 39.6 Å². The van der Waals surface area contributed by atoms with E-state index in [1.165, 1.54) is 5.56 Å². The van der Waals surface area contributed by atoms with E-state index in [1.807, 2.05) is 37.3 Å². The maximum Gasteiger partial charge on any atom is 0.0732 e. The van der Waals surface area contributed by atoms with Crippen molar-refractivity contribution in [2.75, 3.05) is 5.32 Å². The lowest BCUT2D eigenvalue weighted by molar-refractivity contribution is 0.986. The van der Waals surface area contributed by atoms with Crippen molar-refractivity contribution < 1.29 is 0 Å². The van der Waals surface area contributed by atoms with Crippen LogP contribution in [0.2, 0.25) is 5.02 Å². The van der Waals surface area contributed by atoms with Gasteiger partial charge < -0.3 is 10.7 Å². The molecule has 2 aromatic carbocycles. The van der Waals surface area contributed by atoms with Crippen molar-refractivity contribution in [1.29, 1.82) is 5.41 Å². The molecule has 0 bridgehead atoms. The zero-order valence-electron chi connectivity index (χ0n) is 14.6. The van der Waals surface area contributed by atoms with Crippen molar-refractivity contribution in [3.63, 3.8) is 0 Å². The molecule has 0 atom stereocenters. The minimum Gasteiger partial charge on any atom is -0.381 e. The fourth-order valence-corrected chi connectivity index (χ4v) is 3.04. The van der Waals surface area contributed by atoms with Crippen molar-refractivity contribution in [3.05, 3.63) is 70.4 Å². The van der Waals surface area contributed by atoms with E-state index in [1.54, 1.807) is 0 Å². The molecule has 128 valence electrons. The molecule has 0 radical (unpaired) electrons. The second-order valence-corrected chi connectivity index (χ2v) is 6.69.